The first-order valence-corrected chi connectivity index (χ1v) is 7.63. The second-order valence-electron chi connectivity index (χ2n) is 5.81. The third-order valence-electron chi connectivity index (χ3n) is 4.29. The van der Waals surface area contributed by atoms with E-state index in [0.29, 0.717) is 24.6 Å². The van der Waals surface area contributed by atoms with Crippen molar-refractivity contribution < 1.29 is 14.7 Å². The van der Waals surface area contributed by atoms with Gasteiger partial charge in [-0.2, -0.15) is 5.10 Å². The lowest BCUT2D eigenvalue weighted by Crippen LogP contribution is -2.30. The van der Waals surface area contributed by atoms with E-state index in [1.54, 1.807) is 0 Å². The van der Waals surface area contributed by atoms with Crippen LogP contribution in [-0.4, -0.2) is 27.2 Å². The Morgan fingerprint density at radius 2 is 2.10 bits per heavy atom. The zero-order valence-electron chi connectivity index (χ0n) is 12.6. The van der Waals surface area contributed by atoms with Crippen molar-refractivity contribution in [2.24, 2.45) is 17.8 Å². The third-order valence-corrected chi connectivity index (χ3v) is 4.29. The van der Waals surface area contributed by atoms with Crippen molar-refractivity contribution in [3.8, 4) is 0 Å². The fourth-order valence-electron chi connectivity index (χ4n) is 3.08. The van der Waals surface area contributed by atoms with Crippen LogP contribution in [0.3, 0.4) is 0 Å². The van der Waals surface area contributed by atoms with Gasteiger partial charge in [-0.25, -0.2) is 0 Å². The highest BCUT2D eigenvalue weighted by Crippen LogP contribution is 2.38. The SMILES string of the molecule is CCCc1cc(NC(=O)[C@H]2CC(CC)C[C@H]2C(=O)O)n[nH]1. The molecule has 2 rings (SSSR count). The van der Waals surface area contributed by atoms with Gasteiger partial charge >= 0.3 is 5.97 Å². The molecule has 0 spiro atoms. The fourth-order valence-corrected chi connectivity index (χ4v) is 3.08. The Kier molecular flexibility index (Phi) is 4.98. The second-order valence-corrected chi connectivity index (χ2v) is 5.81. The number of carbonyl (C=O) groups is 2. The minimum atomic E-state index is -0.875. The zero-order valence-corrected chi connectivity index (χ0v) is 12.6. The number of aliphatic carboxylic acids is 1. The normalized spacial score (nSPS) is 25.0. The molecule has 1 aliphatic rings. The average molecular weight is 293 g/mol. The highest BCUT2D eigenvalue weighted by atomic mass is 16.4. The molecule has 1 aromatic heterocycles. The van der Waals surface area contributed by atoms with Crippen LogP contribution in [0.1, 0.15) is 45.2 Å². The van der Waals surface area contributed by atoms with Gasteiger partial charge in [0.1, 0.15) is 0 Å². The number of aromatic amines is 1. The molecule has 0 saturated heterocycles. The molecular formula is C15H23N3O3. The molecule has 1 heterocycles. The number of carboxylic acids is 1. The predicted molar refractivity (Wildman–Crippen MR) is 78.8 cm³/mol. The molecule has 1 aliphatic carbocycles. The van der Waals surface area contributed by atoms with Crippen LogP contribution in [0.25, 0.3) is 0 Å². The van der Waals surface area contributed by atoms with E-state index in [-0.39, 0.29) is 5.91 Å². The summed E-state index contributed by atoms with van der Waals surface area (Å²) in [6.07, 6.45) is 4.02. The molecule has 6 heteroatoms. The number of nitrogens with one attached hydrogen (secondary N) is 2. The number of H-pyrrole nitrogens is 1. The smallest absolute Gasteiger partial charge is 0.307 e. The van der Waals surface area contributed by atoms with Crippen LogP contribution < -0.4 is 5.32 Å². The molecule has 0 bridgehead atoms. The Morgan fingerprint density at radius 1 is 1.38 bits per heavy atom. The minimum Gasteiger partial charge on any atom is -0.481 e. The van der Waals surface area contributed by atoms with E-state index >= 15 is 0 Å². The highest BCUT2D eigenvalue weighted by Gasteiger charge is 2.42. The molecule has 0 aliphatic heterocycles. The number of anilines is 1. The molecule has 1 fully saturated rings. The van der Waals surface area contributed by atoms with Crippen LogP contribution in [0, 0.1) is 17.8 Å². The van der Waals surface area contributed by atoms with Gasteiger partial charge in [0.25, 0.3) is 0 Å². The topological polar surface area (TPSA) is 95.1 Å². The Bertz CT molecular complexity index is 512. The van der Waals surface area contributed by atoms with Crippen molar-refractivity contribution in [1.29, 1.82) is 0 Å². The third kappa shape index (κ3) is 3.62. The second kappa shape index (κ2) is 6.74. The van der Waals surface area contributed by atoms with Crippen LogP contribution >= 0.6 is 0 Å². The van der Waals surface area contributed by atoms with E-state index in [0.717, 1.165) is 25.0 Å². The molecule has 0 radical (unpaired) electrons. The molecule has 3 N–H and O–H groups in total. The van der Waals surface area contributed by atoms with Crippen molar-refractivity contribution in [3.63, 3.8) is 0 Å². The molecule has 116 valence electrons. The van der Waals surface area contributed by atoms with Gasteiger partial charge in [-0.3, -0.25) is 14.7 Å². The summed E-state index contributed by atoms with van der Waals surface area (Å²) < 4.78 is 0. The van der Waals surface area contributed by atoms with Crippen LogP contribution in [0.2, 0.25) is 0 Å². The maximum absolute atomic E-state index is 12.3. The van der Waals surface area contributed by atoms with Crippen molar-refractivity contribution >= 4 is 17.7 Å². The molecule has 1 saturated carbocycles. The summed E-state index contributed by atoms with van der Waals surface area (Å²) in [7, 11) is 0. The van der Waals surface area contributed by atoms with Crippen LogP contribution in [0.15, 0.2) is 6.07 Å². The molecule has 1 aromatic rings. The van der Waals surface area contributed by atoms with Gasteiger partial charge in [-0.05, 0) is 25.2 Å². The van der Waals surface area contributed by atoms with Gasteiger partial charge in [0.15, 0.2) is 5.82 Å². The molecule has 21 heavy (non-hydrogen) atoms. The minimum absolute atomic E-state index is 0.229. The first-order chi connectivity index (χ1) is 10.0. The van der Waals surface area contributed by atoms with Crippen LogP contribution in [0.4, 0.5) is 5.82 Å². The molecule has 3 atom stereocenters. The first kappa shape index (κ1) is 15.5. The Balaban J connectivity index is 2.02. The van der Waals surface area contributed by atoms with Gasteiger partial charge in [-0.1, -0.05) is 26.7 Å². The van der Waals surface area contributed by atoms with E-state index < -0.39 is 17.8 Å². The summed E-state index contributed by atoms with van der Waals surface area (Å²) in [6, 6.07) is 1.81. The lowest BCUT2D eigenvalue weighted by molar-refractivity contribution is -0.145. The summed E-state index contributed by atoms with van der Waals surface area (Å²) in [6.45, 7) is 4.11. The number of hydrogen-bond donors (Lipinski definition) is 3. The van der Waals surface area contributed by atoms with E-state index in [1.165, 1.54) is 0 Å². The predicted octanol–water partition coefficient (Wildman–Crippen LogP) is 2.44. The number of aryl methyl sites for hydroxylation is 1. The maximum atomic E-state index is 12.3. The molecular weight excluding hydrogens is 270 g/mol. The summed E-state index contributed by atoms with van der Waals surface area (Å²) >= 11 is 0. The van der Waals surface area contributed by atoms with Gasteiger partial charge in [0.2, 0.25) is 5.91 Å². The molecule has 0 aromatic carbocycles. The van der Waals surface area contributed by atoms with Crippen molar-refractivity contribution in [2.45, 2.75) is 46.0 Å². The maximum Gasteiger partial charge on any atom is 0.307 e. The Morgan fingerprint density at radius 3 is 2.71 bits per heavy atom. The lowest BCUT2D eigenvalue weighted by atomic mass is 9.95. The van der Waals surface area contributed by atoms with Gasteiger partial charge in [-0.15, -0.1) is 0 Å². The van der Waals surface area contributed by atoms with Crippen LogP contribution in [0.5, 0.6) is 0 Å². The molecule has 1 unspecified atom stereocenters. The lowest BCUT2D eigenvalue weighted by Gasteiger charge is -2.14. The number of nitrogens with zero attached hydrogens (tertiary/aromatic N) is 1. The fraction of sp³-hybridized carbons (Fsp3) is 0.667. The first-order valence-electron chi connectivity index (χ1n) is 7.63. The van der Waals surface area contributed by atoms with Gasteiger partial charge < -0.3 is 10.4 Å². The highest BCUT2D eigenvalue weighted by molar-refractivity contribution is 5.94. The quantitative estimate of drug-likeness (QED) is 0.750. The Labute approximate surface area is 124 Å². The number of carbonyl (C=O) groups excluding carboxylic acids is 1. The van der Waals surface area contributed by atoms with Crippen molar-refractivity contribution in [3.05, 3.63) is 11.8 Å². The van der Waals surface area contributed by atoms with E-state index in [4.69, 9.17) is 0 Å². The average Bonchev–Trinajstić information content (AvgIpc) is 3.05. The summed E-state index contributed by atoms with van der Waals surface area (Å²) in [4.78, 5) is 23.6. The number of aromatic nitrogens is 2. The largest absolute Gasteiger partial charge is 0.481 e. The van der Waals surface area contributed by atoms with Gasteiger partial charge in [0.05, 0.1) is 11.8 Å². The van der Waals surface area contributed by atoms with E-state index in [1.807, 2.05) is 13.0 Å². The Hall–Kier alpha value is -1.85. The summed E-state index contributed by atoms with van der Waals surface area (Å²) in [5, 5.41) is 19.0. The zero-order chi connectivity index (χ0) is 15.4. The molecule has 6 nitrogen and oxygen atoms in total. The van der Waals surface area contributed by atoms with Crippen molar-refractivity contribution in [2.75, 3.05) is 5.32 Å². The molecule has 1 amide bonds. The summed E-state index contributed by atoms with van der Waals surface area (Å²) in [5.74, 6) is -1.35. The van der Waals surface area contributed by atoms with E-state index in [2.05, 4.69) is 22.4 Å². The number of carboxylic acid groups (broad SMARTS) is 1. The summed E-state index contributed by atoms with van der Waals surface area (Å²) in [5.41, 5.74) is 0.973. The standard InChI is InChI=1S/C15H23N3O3/c1-3-5-10-8-13(18-17-10)16-14(19)11-6-9(4-2)7-12(11)15(20)21/h8-9,11-12H,3-7H2,1-2H3,(H,20,21)(H2,16,17,18,19)/t9?,11-,12+/m0/s1. The van der Waals surface area contributed by atoms with Crippen molar-refractivity contribution in [1.82, 2.24) is 10.2 Å². The number of rotatable bonds is 6. The van der Waals surface area contributed by atoms with Crippen LogP contribution in [-0.2, 0) is 16.0 Å². The van der Waals surface area contributed by atoms with Gasteiger partial charge in [0, 0.05) is 11.8 Å². The number of hydrogen-bond acceptors (Lipinski definition) is 3. The monoisotopic (exact) mass is 293 g/mol. The van der Waals surface area contributed by atoms with E-state index in [9.17, 15) is 14.7 Å². The number of amides is 1.